The molecular formula is C28H15CuN2O4+. The number of carbonyl (C=O) groups excluding carboxylic acids is 4. The zero-order valence-corrected chi connectivity index (χ0v) is 18.9. The van der Waals surface area contributed by atoms with E-state index in [4.69, 9.17) is 0 Å². The molecule has 0 saturated heterocycles. The van der Waals surface area contributed by atoms with Crippen molar-refractivity contribution >= 4 is 40.2 Å². The van der Waals surface area contributed by atoms with E-state index in [1.807, 2.05) is 0 Å². The Morgan fingerprint density at radius 1 is 0.629 bits per heavy atom. The minimum absolute atomic E-state index is 0. The van der Waals surface area contributed by atoms with Crippen molar-refractivity contribution in [3.8, 4) is 0 Å². The van der Waals surface area contributed by atoms with E-state index in [-0.39, 0.29) is 40.2 Å². The van der Waals surface area contributed by atoms with Crippen LogP contribution in [0.2, 0.25) is 0 Å². The number of ketones is 4. The van der Waals surface area contributed by atoms with Gasteiger partial charge in [-0.25, -0.2) is 4.99 Å². The van der Waals surface area contributed by atoms with Gasteiger partial charge >= 0.3 is 0 Å². The fraction of sp³-hybridized carbons (Fsp3) is 0.0357. The average molecular weight is 507 g/mol. The zero-order chi connectivity index (χ0) is 23.1. The average Bonchev–Trinajstić information content (AvgIpc) is 2.88. The number of carbonyl (C=O) groups is 4. The summed E-state index contributed by atoms with van der Waals surface area (Å²) in [5.41, 5.74) is 4.68. The molecule has 35 heavy (non-hydrogen) atoms. The molecule has 7 heteroatoms. The maximum Gasteiger partial charge on any atom is 0.239 e. The molecule has 3 aliphatic carbocycles. The van der Waals surface area contributed by atoms with Gasteiger partial charge in [0, 0.05) is 62.1 Å². The normalized spacial score (nSPS) is 18.7. The van der Waals surface area contributed by atoms with Gasteiger partial charge in [-0.2, -0.15) is 0 Å². The summed E-state index contributed by atoms with van der Waals surface area (Å²) in [7, 11) is 0. The van der Waals surface area contributed by atoms with Gasteiger partial charge < -0.3 is 5.32 Å². The van der Waals surface area contributed by atoms with Crippen LogP contribution in [0.5, 0.6) is 0 Å². The molecule has 1 radical (unpaired) electrons. The Morgan fingerprint density at radius 2 is 1.23 bits per heavy atom. The van der Waals surface area contributed by atoms with Crippen LogP contribution in [0.1, 0.15) is 52.6 Å². The van der Waals surface area contributed by atoms with Crippen molar-refractivity contribution in [2.24, 2.45) is 0 Å². The summed E-state index contributed by atoms with van der Waals surface area (Å²) in [5, 5.41) is 3.34. The van der Waals surface area contributed by atoms with Crippen LogP contribution in [0.3, 0.4) is 0 Å². The van der Waals surface area contributed by atoms with E-state index in [2.05, 4.69) is 10.3 Å². The van der Waals surface area contributed by atoms with Crippen molar-refractivity contribution in [3.05, 3.63) is 117 Å². The smallest absolute Gasteiger partial charge is 0.239 e. The SMILES string of the molecule is O=C1C2=C(C(=O)c3ccccc31)C1Nc3ccc4c(c3[NH+]=C1C=C2)C(=O)c1ccccc1C4=O.[Cu]. The molecule has 1 atom stereocenters. The Morgan fingerprint density at radius 3 is 1.91 bits per heavy atom. The van der Waals surface area contributed by atoms with Crippen LogP contribution in [0, 0.1) is 0 Å². The Bertz CT molecular complexity index is 1660. The number of fused-ring (bicyclic) bond motifs is 7. The Kier molecular flexibility index (Phi) is 4.52. The van der Waals surface area contributed by atoms with Gasteiger partial charge in [-0.1, -0.05) is 48.5 Å². The number of Topliss-reactive ketones (excluding diaryl/α,β-unsaturated/α-hetero) is 2. The Hall–Kier alpha value is -4.19. The van der Waals surface area contributed by atoms with Crippen LogP contribution >= 0.6 is 0 Å². The van der Waals surface area contributed by atoms with Crippen molar-refractivity contribution in [2.45, 2.75) is 6.04 Å². The van der Waals surface area contributed by atoms with Crippen LogP contribution in [0.4, 0.5) is 11.4 Å². The molecule has 0 fully saturated rings. The maximum atomic E-state index is 13.4. The van der Waals surface area contributed by atoms with Gasteiger partial charge in [-0.05, 0) is 18.2 Å². The molecule has 171 valence electrons. The van der Waals surface area contributed by atoms with E-state index in [1.54, 1.807) is 72.8 Å². The number of anilines is 1. The van der Waals surface area contributed by atoms with Gasteiger partial charge in [-0.3, -0.25) is 19.2 Å². The maximum absolute atomic E-state index is 13.4. The second kappa shape index (κ2) is 7.40. The Labute approximate surface area is 209 Å². The molecule has 2 N–H and O–H groups in total. The molecule has 6 nitrogen and oxygen atoms in total. The zero-order valence-electron chi connectivity index (χ0n) is 17.9. The minimum Gasteiger partial charge on any atom is -0.364 e. The molecule has 1 heterocycles. The molecule has 0 amide bonds. The number of hydrogen-bond acceptors (Lipinski definition) is 5. The van der Waals surface area contributed by atoms with Gasteiger partial charge in [-0.15, -0.1) is 0 Å². The first kappa shape index (κ1) is 21.3. The summed E-state index contributed by atoms with van der Waals surface area (Å²) >= 11 is 0. The van der Waals surface area contributed by atoms with Gasteiger partial charge in [0.2, 0.25) is 17.2 Å². The van der Waals surface area contributed by atoms with Crippen LogP contribution < -0.4 is 10.3 Å². The predicted molar refractivity (Wildman–Crippen MR) is 124 cm³/mol. The molecule has 0 bridgehead atoms. The quantitative estimate of drug-likeness (QED) is 0.357. The van der Waals surface area contributed by atoms with Gasteiger partial charge in [0.05, 0.1) is 0 Å². The van der Waals surface area contributed by atoms with Crippen molar-refractivity contribution < 1.29 is 41.2 Å². The standard InChI is InChI=1S/C28H14N2O4.Cu/c31-25-13-5-1-3-7-15(13)27(33)21-17(25)9-11-19-23(21)29-20-12-10-18-22(24(20)30-19)28(34)16-8-4-2-6-14(16)26(18)32;/h1-12,23,29H;/p+1. The molecule has 3 aromatic carbocycles. The summed E-state index contributed by atoms with van der Waals surface area (Å²) in [6.07, 6.45) is 3.40. The van der Waals surface area contributed by atoms with E-state index in [9.17, 15) is 19.2 Å². The van der Waals surface area contributed by atoms with Crippen molar-refractivity contribution in [1.82, 2.24) is 0 Å². The summed E-state index contributed by atoms with van der Waals surface area (Å²) in [6, 6.07) is 16.4. The van der Waals surface area contributed by atoms with Crippen molar-refractivity contribution in [3.63, 3.8) is 0 Å². The predicted octanol–water partition coefficient (Wildman–Crippen LogP) is 2.35. The molecule has 0 aromatic heterocycles. The van der Waals surface area contributed by atoms with Crippen LogP contribution in [0.15, 0.2) is 84.0 Å². The van der Waals surface area contributed by atoms with Crippen molar-refractivity contribution in [2.75, 3.05) is 5.32 Å². The topological polar surface area (TPSA) is 94.3 Å². The fourth-order valence-electron chi connectivity index (χ4n) is 5.29. The van der Waals surface area contributed by atoms with E-state index in [0.29, 0.717) is 61.6 Å². The van der Waals surface area contributed by atoms with Crippen molar-refractivity contribution in [1.29, 1.82) is 0 Å². The van der Waals surface area contributed by atoms with Crippen LogP contribution in [0.25, 0.3) is 0 Å². The number of benzene rings is 3. The van der Waals surface area contributed by atoms with E-state index < -0.39 is 6.04 Å². The van der Waals surface area contributed by atoms with Crippen LogP contribution in [-0.4, -0.2) is 34.9 Å². The first-order valence-electron chi connectivity index (χ1n) is 10.9. The molecule has 0 saturated carbocycles. The number of nitrogens with one attached hydrogen (secondary N) is 2. The summed E-state index contributed by atoms with van der Waals surface area (Å²) in [5.74, 6) is -0.812. The fourth-order valence-corrected chi connectivity index (χ4v) is 5.29. The largest absolute Gasteiger partial charge is 0.364 e. The van der Waals surface area contributed by atoms with Gasteiger partial charge in [0.15, 0.2) is 17.3 Å². The Balaban J connectivity index is 0.00000229. The molecule has 4 aliphatic rings. The summed E-state index contributed by atoms with van der Waals surface area (Å²) < 4.78 is 0. The monoisotopic (exact) mass is 506 g/mol. The van der Waals surface area contributed by atoms with E-state index >= 15 is 0 Å². The van der Waals surface area contributed by atoms with E-state index in [1.165, 1.54) is 0 Å². The third-order valence-electron chi connectivity index (χ3n) is 6.89. The van der Waals surface area contributed by atoms with Gasteiger partial charge in [0.25, 0.3) is 0 Å². The second-order valence-corrected chi connectivity index (χ2v) is 8.64. The van der Waals surface area contributed by atoms with Gasteiger partial charge in [0.1, 0.15) is 17.3 Å². The molecule has 0 spiro atoms. The molecule has 1 unspecified atom stereocenters. The minimum atomic E-state index is -0.572. The van der Waals surface area contributed by atoms with Crippen LogP contribution in [-0.2, 0) is 17.1 Å². The third kappa shape index (κ3) is 2.74. The summed E-state index contributed by atoms with van der Waals surface area (Å²) in [4.78, 5) is 56.3. The number of hydrogen-bond donors (Lipinski definition) is 2. The first-order chi connectivity index (χ1) is 16.5. The van der Waals surface area contributed by atoms with E-state index in [0.717, 1.165) is 0 Å². The second-order valence-electron chi connectivity index (χ2n) is 8.64. The summed E-state index contributed by atoms with van der Waals surface area (Å²) in [6.45, 7) is 0. The molecule has 1 aliphatic heterocycles. The number of rotatable bonds is 0. The number of allylic oxidation sites excluding steroid dienone is 2. The molecule has 3 aromatic rings. The molecular weight excluding hydrogens is 492 g/mol. The third-order valence-corrected chi connectivity index (χ3v) is 6.89. The molecule has 7 rings (SSSR count). The first-order valence-corrected chi connectivity index (χ1v) is 10.9.